The number of fused-ring (bicyclic) bond motifs is 1. The van der Waals surface area contributed by atoms with Gasteiger partial charge in [-0.1, -0.05) is 42.5 Å². The van der Waals surface area contributed by atoms with E-state index in [2.05, 4.69) is 5.32 Å². The van der Waals surface area contributed by atoms with Gasteiger partial charge in [-0.3, -0.25) is 9.59 Å². The quantitative estimate of drug-likeness (QED) is 0.803. The Morgan fingerprint density at radius 3 is 2.63 bits per heavy atom. The summed E-state index contributed by atoms with van der Waals surface area (Å²) in [5.74, 6) is -2.74. The van der Waals surface area contributed by atoms with Gasteiger partial charge in [0.2, 0.25) is 5.91 Å². The molecule has 1 aliphatic rings. The van der Waals surface area contributed by atoms with E-state index in [9.17, 15) is 9.59 Å². The maximum atomic E-state index is 11.6. The lowest BCUT2D eigenvalue weighted by atomic mass is 9.87. The van der Waals surface area contributed by atoms with Gasteiger partial charge >= 0.3 is 5.97 Å². The van der Waals surface area contributed by atoms with Crippen molar-refractivity contribution >= 4 is 22.6 Å². The highest BCUT2D eigenvalue weighted by molar-refractivity contribution is 6.00. The molecule has 2 aromatic rings. The zero-order chi connectivity index (χ0) is 13.4. The van der Waals surface area contributed by atoms with Crippen LogP contribution in [-0.4, -0.2) is 23.5 Å². The minimum absolute atomic E-state index is 0.297. The van der Waals surface area contributed by atoms with Gasteiger partial charge in [0, 0.05) is 12.5 Å². The fourth-order valence-electron chi connectivity index (χ4n) is 2.65. The SMILES string of the molecule is O=C(O)C1C(=O)NCC1c1ccc2ccccc2c1. The molecular formula is C15H13NO3. The van der Waals surface area contributed by atoms with Crippen molar-refractivity contribution in [2.75, 3.05) is 6.54 Å². The smallest absolute Gasteiger partial charge is 0.316 e. The van der Waals surface area contributed by atoms with Gasteiger partial charge < -0.3 is 10.4 Å². The second kappa shape index (κ2) is 4.39. The van der Waals surface area contributed by atoms with Gasteiger partial charge in [0.05, 0.1) is 0 Å². The van der Waals surface area contributed by atoms with Crippen molar-refractivity contribution in [2.45, 2.75) is 5.92 Å². The van der Waals surface area contributed by atoms with Crippen molar-refractivity contribution in [1.29, 1.82) is 0 Å². The number of carboxylic acids is 1. The Labute approximate surface area is 110 Å². The third-order valence-electron chi connectivity index (χ3n) is 3.65. The molecule has 0 aliphatic carbocycles. The van der Waals surface area contributed by atoms with Crippen LogP contribution < -0.4 is 5.32 Å². The molecule has 1 heterocycles. The fourth-order valence-corrected chi connectivity index (χ4v) is 2.65. The van der Waals surface area contributed by atoms with Crippen LogP contribution in [0, 0.1) is 5.92 Å². The topological polar surface area (TPSA) is 66.4 Å². The molecule has 2 atom stereocenters. The Morgan fingerprint density at radius 1 is 1.16 bits per heavy atom. The normalized spacial score (nSPS) is 22.4. The Bertz CT molecular complexity index is 665. The first-order chi connectivity index (χ1) is 9.16. The van der Waals surface area contributed by atoms with E-state index in [1.54, 1.807) is 0 Å². The molecule has 1 aliphatic heterocycles. The molecule has 0 bridgehead atoms. The van der Waals surface area contributed by atoms with Gasteiger partial charge in [0.15, 0.2) is 0 Å². The molecule has 0 spiro atoms. The zero-order valence-electron chi connectivity index (χ0n) is 10.2. The van der Waals surface area contributed by atoms with E-state index in [0.29, 0.717) is 6.54 Å². The summed E-state index contributed by atoms with van der Waals surface area (Å²) >= 11 is 0. The number of carbonyl (C=O) groups is 2. The number of amides is 1. The lowest BCUT2D eigenvalue weighted by molar-refractivity contribution is -0.145. The molecule has 0 saturated carbocycles. The predicted octanol–water partition coefficient (Wildman–Crippen LogP) is 1.75. The molecule has 1 amide bonds. The molecule has 0 radical (unpaired) electrons. The Kier molecular flexibility index (Phi) is 2.71. The Balaban J connectivity index is 2.04. The lowest BCUT2D eigenvalue weighted by Gasteiger charge is -2.14. The van der Waals surface area contributed by atoms with Crippen LogP contribution in [0.15, 0.2) is 42.5 Å². The van der Waals surface area contributed by atoms with Crippen molar-refractivity contribution in [2.24, 2.45) is 5.92 Å². The molecule has 4 heteroatoms. The molecule has 96 valence electrons. The van der Waals surface area contributed by atoms with Gasteiger partial charge in [-0.2, -0.15) is 0 Å². The number of nitrogens with one attached hydrogen (secondary N) is 1. The second-order valence-electron chi connectivity index (χ2n) is 4.77. The van der Waals surface area contributed by atoms with Crippen LogP contribution >= 0.6 is 0 Å². The number of carboxylic acid groups (broad SMARTS) is 1. The summed E-state index contributed by atoms with van der Waals surface area (Å²) in [6.45, 7) is 0.383. The molecular weight excluding hydrogens is 242 g/mol. The van der Waals surface area contributed by atoms with Gasteiger partial charge in [-0.25, -0.2) is 0 Å². The zero-order valence-corrected chi connectivity index (χ0v) is 10.2. The summed E-state index contributed by atoms with van der Waals surface area (Å²) < 4.78 is 0. The van der Waals surface area contributed by atoms with Gasteiger partial charge in [0.1, 0.15) is 5.92 Å². The first kappa shape index (κ1) is 11.7. The van der Waals surface area contributed by atoms with E-state index in [1.807, 2.05) is 42.5 Å². The molecule has 2 unspecified atom stereocenters. The average Bonchev–Trinajstić information content (AvgIpc) is 2.80. The molecule has 3 rings (SSSR count). The highest BCUT2D eigenvalue weighted by atomic mass is 16.4. The molecule has 19 heavy (non-hydrogen) atoms. The summed E-state index contributed by atoms with van der Waals surface area (Å²) in [5, 5.41) is 14.0. The van der Waals surface area contributed by atoms with E-state index >= 15 is 0 Å². The molecule has 4 nitrogen and oxygen atoms in total. The minimum Gasteiger partial charge on any atom is -0.481 e. The van der Waals surface area contributed by atoms with Crippen LogP contribution in [0.5, 0.6) is 0 Å². The number of benzene rings is 2. The number of rotatable bonds is 2. The summed E-state index contributed by atoms with van der Waals surface area (Å²) in [7, 11) is 0. The summed E-state index contributed by atoms with van der Waals surface area (Å²) in [4.78, 5) is 22.8. The van der Waals surface area contributed by atoms with E-state index in [-0.39, 0.29) is 5.92 Å². The largest absolute Gasteiger partial charge is 0.481 e. The molecule has 2 aromatic carbocycles. The van der Waals surface area contributed by atoms with Crippen molar-refractivity contribution < 1.29 is 14.7 Å². The maximum Gasteiger partial charge on any atom is 0.316 e. The van der Waals surface area contributed by atoms with Crippen molar-refractivity contribution in [3.8, 4) is 0 Å². The van der Waals surface area contributed by atoms with Crippen molar-refractivity contribution in [1.82, 2.24) is 5.32 Å². The fraction of sp³-hybridized carbons (Fsp3) is 0.200. The lowest BCUT2D eigenvalue weighted by Crippen LogP contribution is -2.26. The molecule has 2 N–H and O–H groups in total. The molecule has 1 saturated heterocycles. The van der Waals surface area contributed by atoms with Gasteiger partial charge in [-0.15, -0.1) is 0 Å². The maximum absolute atomic E-state index is 11.6. The number of hydrogen-bond donors (Lipinski definition) is 2. The minimum atomic E-state index is -1.06. The van der Waals surface area contributed by atoms with Crippen LogP contribution in [0.1, 0.15) is 11.5 Å². The van der Waals surface area contributed by atoms with E-state index in [4.69, 9.17) is 5.11 Å². The monoisotopic (exact) mass is 255 g/mol. The van der Waals surface area contributed by atoms with Crippen molar-refractivity contribution in [3.05, 3.63) is 48.0 Å². The first-order valence-corrected chi connectivity index (χ1v) is 6.16. The van der Waals surface area contributed by atoms with Crippen molar-refractivity contribution in [3.63, 3.8) is 0 Å². The van der Waals surface area contributed by atoms with Crippen LogP contribution in [0.4, 0.5) is 0 Å². The highest BCUT2D eigenvalue weighted by Crippen LogP contribution is 2.31. The number of carbonyl (C=O) groups excluding carboxylic acids is 1. The van der Waals surface area contributed by atoms with E-state index in [1.165, 1.54) is 0 Å². The van der Waals surface area contributed by atoms with Gasteiger partial charge in [-0.05, 0) is 16.3 Å². The first-order valence-electron chi connectivity index (χ1n) is 6.16. The standard InChI is InChI=1S/C15H13NO3/c17-14-13(15(18)19)12(8-16-14)11-6-5-9-3-1-2-4-10(9)7-11/h1-7,12-13H,8H2,(H,16,17)(H,18,19). The van der Waals surface area contributed by atoms with Crippen LogP contribution in [0.25, 0.3) is 10.8 Å². The third-order valence-corrected chi connectivity index (χ3v) is 3.65. The highest BCUT2D eigenvalue weighted by Gasteiger charge is 2.41. The van der Waals surface area contributed by atoms with Gasteiger partial charge in [0.25, 0.3) is 0 Å². The Morgan fingerprint density at radius 2 is 1.89 bits per heavy atom. The predicted molar refractivity (Wildman–Crippen MR) is 70.8 cm³/mol. The van der Waals surface area contributed by atoms with Crippen LogP contribution in [0.2, 0.25) is 0 Å². The number of hydrogen-bond acceptors (Lipinski definition) is 2. The molecule has 1 fully saturated rings. The number of aliphatic carboxylic acids is 1. The van der Waals surface area contributed by atoms with E-state index < -0.39 is 17.8 Å². The van der Waals surface area contributed by atoms with Crippen LogP contribution in [0.3, 0.4) is 0 Å². The molecule has 0 aromatic heterocycles. The van der Waals surface area contributed by atoms with E-state index in [0.717, 1.165) is 16.3 Å². The summed E-state index contributed by atoms with van der Waals surface area (Å²) in [6.07, 6.45) is 0. The summed E-state index contributed by atoms with van der Waals surface area (Å²) in [5.41, 5.74) is 0.893. The average molecular weight is 255 g/mol. The summed E-state index contributed by atoms with van der Waals surface area (Å²) in [6, 6.07) is 13.7. The van der Waals surface area contributed by atoms with Crippen LogP contribution in [-0.2, 0) is 9.59 Å². The third kappa shape index (κ3) is 1.95. The Hall–Kier alpha value is -2.36. The second-order valence-corrected chi connectivity index (χ2v) is 4.77.